The molecule has 1 saturated heterocycles. The van der Waals surface area contributed by atoms with Crippen LogP contribution in [0.2, 0.25) is 5.02 Å². The van der Waals surface area contributed by atoms with E-state index in [9.17, 15) is 5.11 Å². The van der Waals surface area contributed by atoms with E-state index < -0.39 is 0 Å². The van der Waals surface area contributed by atoms with Crippen LogP contribution in [0.25, 0.3) is 0 Å². The summed E-state index contributed by atoms with van der Waals surface area (Å²) in [5.74, 6) is 0.864. The van der Waals surface area contributed by atoms with Gasteiger partial charge in [-0.25, -0.2) is 0 Å². The van der Waals surface area contributed by atoms with Gasteiger partial charge in [0.05, 0.1) is 6.61 Å². The van der Waals surface area contributed by atoms with Crippen LogP contribution in [0.5, 0.6) is 5.75 Å². The van der Waals surface area contributed by atoms with Crippen molar-refractivity contribution in [1.29, 1.82) is 0 Å². The second-order valence-corrected chi connectivity index (χ2v) is 5.42. The summed E-state index contributed by atoms with van der Waals surface area (Å²) in [5.41, 5.74) is 0.804. The third-order valence-electron chi connectivity index (χ3n) is 3.35. The van der Waals surface area contributed by atoms with Gasteiger partial charge in [-0.3, -0.25) is 0 Å². The molecule has 1 aromatic rings. The molecule has 1 heterocycles. The Hall–Kier alpha value is -0.770. The van der Waals surface area contributed by atoms with Gasteiger partial charge in [-0.1, -0.05) is 17.7 Å². The van der Waals surface area contributed by atoms with E-state index in [1.165, 1.54) is 6.42 Å². The molecule has 0 bridgehead atoms. The first-order valence-electron chi connectivity index (χ1n) is 6.39. The lowest BCUT2D eigenvalue weighted by molar-refractivity contribution is 0.0411. The van der Waals surface area contributed by atoms with Crippen molar-refractivity contribution < 1.29 is 9.84 Å². The number of halogens is 1. The molecule has 100 valence electrons. The standard InChI is InChI=1S/C14H20ClNO2/c1-16(8-11-4-3-7-18-10-11)9-12-13(15)5-2-6-14(12)17/h2,5-6,11,17H,3-4,7-10H2,1H3. The fourth-order valence-corrected chi connectivity index (χ4v) is 2.66. The maximum atomic E-state index is 9.81. The van der Waals surface area contributed by atoms with E-state index in [-0.39, 0.29) is 5.75 Å². The summed E-state index contributed by atoms with van der Waals surface area (Å²) in [5, 5.41) is 10.4. The molecule has 3 nitrogen and oxygen atoms in total. The first-order chi connectivity index (χ1) is 8.66. The molecular weight excluding hydrogens is 250 g/mol. The van der Waals surface area contributed by atoms with Crippen LogP contribution in [-0.4, -0.2) is 36.8 Å². The first-order valence-corrected chi connectivity index (χ1v) is 6.77. The lowest BCUT2D eigenvalue weighted by Gasteiger charge is -2.27. The van der Waals surface area contributed by atoms with Gasteiger partial charge in [0.2, 0.25) is 0 Å². The molecule has 0 aromatic heterocycles. The normalized spacial score (nSPS) is 20.3. The van der Waals surface area contributed by atoms with Crippen LogP contribution >= 0.6 is 11.6 Å². The van der Waals surface area contributed by atoms with Crippen LogP contribution in [0.4, 0.5) is 0 Å². The van der Waals surface area contributed by atoms with Crippen LogP contribution in [0.1, 0.15) is 18.4 Å². The molecule has 1 aromatic carbocycles. The van der Waals surface area contributed by atoms with E-state index in [0.717, 1.165) is 31.7 Å². The number of phenolic OH excluding ortho intramolecular Hbond substituents is 1. The molecule has 0 aliphatic carbocycles. The maximum Gasteiger partial charge on any atom is 0.121 e. The van der Waals surface area contributed by atoms with Crippen LogP contribution in [0.15, 0.2) is 18.2 Å². The predicted octanol–water partition coefficient (Wildman–Crippen LogP) is 2.90. The van der Waals surface area contributed by atoms with Crippen LogP contribution in [0, 0.1) is 5.92 Å². The van der Waals surface area contributed by atoms with Gasteiger partial charge in [0.25, 0.3) is 0 Å². The van der Waals surface area contributed by atoms with Crippen LogP contribution < -0.4 is 0 Å². The Balaban J connectivity index is 1.92. The molecule has 1 fully saturated rings. The Kier molecular flexibility index (Phi) is 4.87. The molecular formula is C14H20ClNO2. The average Bonchev–Trinajstić information content (AvgIpc) is 2.35. The van der Waals surface area contributed by atoms with Gasteiger partial charge in [0.1, 0.15) is 5.75 Å². The van der Waals surface area contributed by atoms with Gasteiger partial charge in [0.15, 0.2) is 0 Å². The van der Waals surface area contributed by atoms with Crippen LogP contribution in [0.3, 0.4) is 0 Å². The monoisotopic (exact) mass is 269 g/mol. The summed E-state index contributed by atoms with van der Waals surface area (Å²) in [4.78, 5) is 2.19. The quantitative estimate of drug-likeness (QED) is 0.912. The van der Waals surface area contributed by atoms with Crippen molar-refractivity contribution >= 4 is 11.6 Å². The molecule has 0 spiro atoms. The molecule has 0 amide bonds. The third kappa shape index (κ3) is 3.61. The second-order valence-electron chi connectivity index (χ2n) is 5.02. The number of ether oxygens (including phenoxy) is 1. The molecule has 1 aliphatic heterocycles. The van der Waals surface area contributed by atoms with E-state index in [2.05, 4.69) is 11.9 Å². The van der Waals surface area contributed by atoms with Crippen LogP contribution in [-0.2, 0) is 11.3 Å². The third-order valence-corrected chi connectivity index (χ3v) is 3.70. The summed E-state index contributed by atoms with van der Waals surface area (Å²) < 4.78 is 5.48. The fraction of sp³-hybridized carbons (Fsp3) is 0.571. The van der Waals surface area contributed by atoms with E-state index in [4.69, 9.17) is 16.3 Å². The molecule has 0 radical (unpaired) electrons. The Morgan fingerprint density at radius 1 is 1.50 bits per heavy atom. The number of hydrogen-bond acceptors (Lipinski definition) is 3. The van der Waals surface area contributed by atoms with Crippen molar-refractivity contribution in [2.24, 2.45) is 5.92 Å². The zero-order valence-electron chi connectivity index (χ0n) is 10.7. The number of hydrogen-bond donors (Lipinski definition) is 1. The minimum atomic E-state index is 0.272. The van der Waals surface area contributed by atoms with Gasteiger partial charge >= 0.3 is 0 Å². The zero-order chi connectivity index (χ0) is 13.0. The van der Waals surface area contributed by atoms with Gasteiger partial charge in [0, 0.05) is 30.3 Å². The van der Waals surface area contributed by atoms with Crippen molar-refractivity contribution in [3.05, 3.63) is 28.8 Å². The zero-order valence-corrected chi connectivity index (χ0v) is 11.5. The highest BCUT2D eigenvalue weighted by Crippen LogP contribution is 2.26. The number of benzene rings is 1. The Morgan fingerprint density at radius 2 is 2.33 bits per heavy atom. The Bertz CT molecular complexity index is 371. The van der Waals surface area contributed by atoms with Crippen molar-refractivity contribution in [2.45, 2.75) is 19.4 Å². The molecule has 1 unspecified atom stereocenters. The maximum absolute atomic E-state index is 9.81. The summed E-state index contributed by atoms with van der Waals surface area (Å²) in [6.45, 7) is 3.39. The largest absolute Gasteiger partial charge is 0.508 e. The Morgan fingerprint density at radius 3 is 3.00 bits per heavy atom. The summed E-state index contributed by atoms with van der Waals surface area (Å²) in [6, 6.07) is 5.25. The molecule has 1 N–H and O–H groups in total. The highest BCUT2D eigenvalue weighted by molar-refractivity contribution is 6.31. The minimum Gasteiger partial charge on any atom is -0.508 e. The number of phenols is 1. The number of aromatic hydroxyl groups is 1. The van der Waals surface area contributed by atoms with Gasteiger partial charge in [-0.15, -0.1) is 0 Å². The predicted molar refractivity (Wildman–Crippen MR) is 73.0 cm³/mol. The van der Waals surface area contributed by atoms with Gasteiger partial charge in [-0.05, 0) is 37.9 Å². The van der Waals surface area contributed by atoms with E-state index in [1.807, 2.05) is 6.07 Å². The van der Waals surface area contributed by atoms with E-state index in [0.29, 0.717) is 17.5 Å². The van der Waals surface area contributed by atoms with Crippen molar-refractivity contribution in [3.8, 4) is 5.75 Å². The molecule has 1 atom stereocenters. The van der Waals surface area contributed by atoms with Crippen molar-refractivity contribution in [2.75, 3.05) is 26.8 Å². The number of nitrogens with zero attached hydrogens (tertiary/aromatic N) is 1. The molecule has 2 rings (SSSR count). The summed E-state index contributed by atoms with van der Waals surface area (Å²) >= 11 is 6.10. The summed E-state index contributed by atoms with van der Waals surface area (Å²) in [7, 11) is 2.05. The Labute approximate surface area is 113 Å². The van der Waals surface area contributed by atoms with Gasteiger partial charge < -0.3 is 14.7 Å². The lowest BCUT2D eigenvalue weighted by Crippen LogP contribution is -2.30. The van der Waals surface area contributed by atoms with Crippen molar-refractivity contribution in [3.63, 3.8) is 0 Å². The smallest absolute Gasteiger partial charge is 0.121 e. The average molecular weight is 270 g/mol. The van der Waals surface area contributed by atoms with E-state index in [1.54, 1.807) is 12.1 Å². The number of rotatable bonds is 4. The second kappa shape index (κ2) is 6.41. The molecule has 1 aliphatic rings. The highest BCUT2D eigenvalue weighted by atomic mass is 35.5. The summed E-state index contributed by atoms with van der Waals surface area (Å²) in [6.07, 6.45) is 2.37. The fourth-order valence-electron chi connectivity index (χ4n) is 2.43. The first kappa shape index (κ1) is 13.7. The molecule has 18 heavy (non-hydrogen) atoms. The minimum absolute atomic E-state index is 0.272. The molecule has 0 saturated carbocycles. The van der Waals surface area contributed by atoms with E-state index >= 15 is 0 Å². The van der Waals surface area contributed by atoms with Gasteiger partial charge in [-0.2, -0.15) is 0 Å². The van der Waals surface area contributed by atoms with Crippen molar-refractivity contribution in [1.82, 2.24) is 4.90 Å². The topological polar surface area (TPSA) is 32.7 Å². The SMILES string of the molecule is CN(Cc1c(O)cccc1Cl)CC1CCCOC1. The lowest BCUT2D eigenvalue weighted by atomic mass is 10.0. The molecule has 4 heteroatoms. The highest BCUT2D eigenvalue weighted by Gasteiger charge is 2.17.